The second-order valence-corrected chi connectivity index (χ2v) is 5.11. The lowest BCUT2D eigenvalue weighted by Crippen LogP contribution is -2.23. The molecule has 1 heterocycles. The van der Waals surface area contributed by atoms with Crippen molar-refractivity contribution >= 4 is 9.84 Å². The summed E-state index contributed by atoms with van der Waals surface area (Å²) in [7, 11) is -1.25. The first-order valence-corrected chi connectivity index (χ1v) is 5.04. The van der Waals surface area contributed by atoms with E-state index in [1.54, 1.807) is 14.0 Å². The van der Waals surface area contributed by atoms with Gasteiger partial charge in [-0.25, -0.2) is 8.42 Å². The highest BCUT2D eigenvalue weighted by Gasteiger charge is 2.36. The Bertz CT molecular complexity index is 207. The molecule has 0 spiro atoms. The third kappa shape index (κ3) is 1.18. The number of hydrogen-bond donors (Lipinski definition) is 0. The van der Waals surface area contributed by atoms with Crippen LogP contribution in [0.25, 0.3) is 0 Å². The molecular weight excluding hydrogens is 152 g/mol. The Labute approximate surface area is 61.3 Å². The van der Waals surface area contributed by atoms with E-state index in [4.69, 9.17) is 4.74 Å². The van der Waals surface area contributed by atoms with Crippen LogP contribution in [0, 0.1) is 0 Å². The second-order valence-electron chi connectivity index (χ2n) is 2.63. The number of ether oxygens (including phenoxy) is 1. The van der Waals surface area contributed by atoms with Crippen LogP contribution < -0.4 is 0 Å². The molecule has 3 nitrogen and oxygen atoms in total. The zero-order valence-corrected chi connectivity index (χ0v) is 7.02. The number of rotatable bonds is 1. The van der Waals surface area contributed by atoms with Gasteiger partial charge in [0.15, 0.2) is 9.84 Å². The Morgan fingerprint density at radius 1 is 1.50 bits per heavy atom. The van der Waals surface area contributed by atoms with Gasteiger partial charge in [-0.3, -0.25) is 0 Å². The fraction of sp³-hybridized carbons (Fsp3) is 1.00. The summed E-state index contributed by atoms with van der Waals surface area (Å²) in [6.07, 6.45) is 0.574. The van der Waals surface area contributed by atoms with Gasteiger partial charge in [0.25, 0.3) is 0 Å². The normalized spacial score (nSPS) is 38.2. The van der Waals surface area contributed by atoms with Crippen LogP contribution in [0.5, 0.6) is 0 Å². The van der Waals surface area contributed by atoms with Crippen molar-refractivity contribution in [3.05, 3.63) is 0 Å². The lowest BCUT2D eigenvalue weighted by Gasteiger charge is -2.10. The highest BCUT2D eigenvalue weighted by molar-refractivity contribution is 7.92. The summed E-state index contributed by atoms with van der Waals surface area (Å²) in [5, 5.41) is -0.308. The Morgan fingerprint density at radius 3 is 2.30 bits per heavy atom. The van der Waals surface area contributed by atoms with Crippen LogP contribution in [0.1, 0.15) is 13.3 Å². The van der Waals surface area contributed by atoms with Gasteiger partial charge in [-0.05, 0) is 13.3 Å². The monoisotopic (exact) mass is 164 g/mol. The minimum atomic E-state index is -2.81. The van der Waals surface area contributed by atoms with Gasteiger partial charge in [0.2, 0.25) is 0 Å². The molecule has 1 rings (SSSR count). The van der Waals surface area contributed by atoms with E-state index in [9.17, 15) is 8.42 Å². The van der Waals surface area contributed by atoms with Gasteiger partial charge in [0.1, 0.15) is 0 Å². The van der Waals surface area contributed by atoms with Crippen LogP contribution in [0.3, 0.4) is 0 Å². The van der Waals surface area contributed by atoms with Gasteiger partial charge in [-0.2, -0.15) is 0 Å². The maximum absolute atomic E-state index is 11.1. The van der Waals surface area contributed by atoms with Crippen LogP contribution in [0.2, 0.25) is 0 Å². The summed E-state index contributed by atoms with van der Waals surface area (Å²) in [4.78, 5) is 0. The van der Waals surface area contributed by atoms with Crippen LogP contribution in [-0.2, 0) is 14.6 Å². The zero-order chi connectivity index (χ0) is 7.78. The SMILES string of the molecule is CO[C@@H]1CCS(=O)(=O)[C@@H]1C. The van der Waals surface area contributed by atoms with Crippen LogP contribution >= 0.6 is 0 Å². The summed E-state index contributed by atoms with van der Waals surface area (Å²) in [6, 6.07) is 0. The summed E-state index contributed by atoms with van der Waals surface area (Å²) >= 11 is 0. The van der Waals surface area contributed by atoms with Gasteiger partial charge in [0, 0.05) is 7.11 Å². The molecule has 0 aliphatic carbocycles. The first kappa shape index (κ1) is 8.01. The molecule has 4 heteroatoms. The molecule has 0 amide bonds. The molecule has 0 aromatic carbocycles. The highest BCUT2D eigenvalue weighted by atomic mass is 32.2. The first-order valence-electron chi connectivity index (χ1n) is 3.32. The Balaban J connectivity index is 2.77. The Kier molecular flexibility index (Phi) is 2.01. The Hall–Kier alpha value is -0.0900. The lowest BCUT2D eigenvalue weighted by atomic mass is 10.2. The van der Waals surface area contributed by atoms with Gasteiger partial charge in [-0.1, -0.05) is 0 Å². The van der Waals surface area contributed by atoms with E-state index in [1.165, 1.54) is 0 Å². The van der Waals surface area contributed by atoms with E-state index < -0.39 is 9.84 Å². The van der Waals surface area contributed by atoms with Gasteiger partial charge < -0.3 is 4.74 Å². The Morgan fingerprint density at radius 2 is 2.10 bits per heavy atom. The molecule has 10 heavy (non-hydrogen) atoms. The molecule has 0 unspecified atom stereocenters. The number of sulfone groups is 1. The van der Waals surface area contributed by atoms with E-state index in [0.29, 0.717) is 6.42 Å². The third-order valence-electron chi connectivity index (χ3n) is 2.08. The molecular formula is C6H12O3S. The maximum Gasteiger partial charge on any atom is 0.155 e. The van der Waals surface area contributed by atoms with E-state index in [1.807, 2.05) is 0 Å². The highest BCUT2D eigenvalue weighted by Crippen LogP contribution is 2.21. The van der Waals surface area contributed by atoms with Crippen molar-refractivity contribution in [2.45, 2.75) is 24.7 Å². The van der Waals surface area contributed by atoms with Crippen molar-refractivity contribution < 1.29 is 13.2 Å². The topological polar surface area (TPSA) is 43.4 Å². The van der Waals surface area contributed by atoms with Gasteiger partial charge in [-0.15, -0.1) is 0 Å². The standard InChI is InChI=1S/C6H12O3S/c1-5-6(9-2)3-4-10(5,7)8/h5-6H,3-4H2,1-2H3/t5-,6-/m1/s1. The third-order valence-corrected chi connectivity index (χ3v) is 4.32. The van der Waals surface area contributed by atoms with Crippen molar-refractivity contribution in [3.63, 3.8) is 0 Å². The molecule has 0 aromatic rings. The summed E-state index contributed by atoms with van der Waals surface area (Å²) in [6.45, 7) is 1.70. The molecule has 0 radical (unpaired) electrons. The summed E-state index contributed by atoms with van der Waals surface area (Å²) in [5.74, 6) is 0.284. The average Bonchev–Trinajstić information content (AvgIpc) is 2.10. The van der Waals surface area contributed by atoms with Crippen molar-refractivity contribution in [1.82, 2.24) is 0 Å². The van der Waals surface area contributed by atoms with Crippen LogP contribution in [0.15, 0.2) is 0 Å². The second kappa shape index (κ2) is 2.51. The van der Waals surface area contributed by atoms with Crippen LogP contribution in [-0.4, -0.2) is 32.6 Å². The summed E-state index contributed by atoms with van der Waals surface area (Å²) in [5.41, 5.74) is 0. The molecule has 2 atom stereocenters. The lowest BCUT2D eigenvalue weighted by molar-refractivity contribution is 0.107. The van der Waals surface area contributed by atoms with E-state index >= 15 is 0 Å². The zero-order valence-electron chi connectivity index (χ0n) is 6.20. The predicted octanol–water partition coefficient (Wildman–Crippen LogP) is 0.208. The molecule has 1 aliphatic heterocycles. The molecule has 0 N–H and O–H groups in total. The number of methoxy groups -OCH3 is 1. The minimum Gasteiger partial charge on any atom is -0.380 e. The smallest absolute Gasteiger partial charge is 0.155 e. The van der Waals surface area contributed by atoms with Gasteiger partial charge in [0.05, 0.1) is 17.1 Å². The number of hydrogen-bond acceptors (Lipinski definition) is 3. The molecule has 1 fully saturated rings. The van der Waals surface area contributed by atoms with Crippen LogP contribution in [0.4, 0.5) is 0 Å². The summed E-state index contributed by atoms with van der Waals surface area (Å²) < 4.78 is 27.1. The quantitative estimate of drug-likeness (QED) is 0.556. The first-order chi connectivity index (χ1) is 4.58. The van der Waals surface area contributed by atoms with Crippen molar-refractivity contribution in [1.29, 1.82) is 0 Å². The van der Waals surface area contributed by atoms with Crippen molar-refractivity contribution in [3.8, 4) is 0 Å². The molecule has 0 saturated carbocycles. The fourth-order valence-corrected chi connectivity index (χ4v) is 2.88. The molecule has 60 valence electrons. The van der Waals surface area contributed by atoms with E-state index in [-0.39, 0.29) is 17.1 Å². The molecule has 0 bridgehead atoms. The van der Waals surface area contributed by atoms with Gasteiger partial charge >= 0.3 is 0 Å². The molecule has 1 aliphatic rings. The van der Waals surface area contributed by atoms with E-state index in [2.05, 4.69) is 0 Å². The predicted molar refractivity (Wildman–Crippen MR) is 38.7 cm³/mol. The van der Waals surface area contributed by atoms with E-state index in [0.717, 1.165) is 0 Å². The molecule has 0 aromatic heterocycles. The molecule has 1 saturated heterocycles. The fourth-order valence-electron chi connectivity index (χ4n) is 1.24. The minimum absolute atomic E-state index is 0.0787. The maximum atomic E-state index is 11.1. The van der Waals surface area contributed by atoms with Crippen molar-refractivity contribution in [2.24, 2.45) is 0 Å². The van der Waals surface area contributed by atoms with Crippen molar-refractivity contribution in [2.75, 3.05) is 12.9 Å². The average molecular weight is 164 g/mol. The largest absolute Gasteiger partial charge is 0.380 e.